The molecular formula is C24H25ClN2O4S. The van der Waals surface area contributed by atoms with Gasteiger partial charge in [-0.3, -0.25) is 9.78 Å². The van der Waals surface area contributed by atoms with Crippen molar-refractivity contribution in [1.29, 1.82) is 0 Å². The number of halogens is 1. The van der Waals surface area contributed by atoms with Crippen molar-refractivity contribution < 1.29 is 19.7 Å². The maximum atomic E-state index is 13.1. The van der Waals surface area contributed by atoms with Gasteiger partial charge in [-0.2, -0.15) is 0 Å². The summed E-state index contributed by atoms with van der Waals surface area (Å²) >= 11 is 7.85. The van der Waals surface area contributed by atoms with Gasteiger partial charge in [0, 0.05) is 52.3 Å². The monoisotopic (exact) mass is 472 g/mol. The van der Waals surface area contributed by atoms with Gasteiger partial charge in [-0.05, 0) is 50.5 Å². The molecule has 2 aromatic heterocycles. The number of pyridine rings is 1. The summed E-state index contributed by atoms with van der Waals surface area (Å²) in [5.74, 6) is 0.723. The number of fused-ring (bicyclic) bond motifs is 2. The van der Waals surface area contributed by atoms with E-state index in [9.17, 15) is 15.0 Å². The van der Waals surface area contributed by atoms with E-state index in [1.807, 2.05) is 23.1 Å². The van der Waals surface area contributed by atoms with Crippen LogP contribution in [0.1, 0.15) is 36.6 Å². The van der Waals surface area contributed by atoms with Gasteiger partial charge in [-0.25, -0.2) is 0 Å². The van der Waals surface area contributed by atoms with E-state index in [4.69, 9.17) is 16.3 Å². The number of ether oxygens (including phenoxy) is 1. The van der Waals surface area contributed by atoms with Gasteiger partial charge in [0.25, 0.3) is 5.91 Å². The minimum atomic E-state index is -1.35. The van der Waals surface area contributed by atoms with Gasteiger partial charge in [0.05, 0.1) is 16.8 Å². The molecular weight excluding hydrogens is 448 g/mol. The summed E-state index contributed by atoms with van der Waals surface area (Å²) in [6, 6.07) is 7.42. The fourth-order valence-corrected chi connectivity index (χ4v) is 5.89. The molecule has 2 aliphatic rings. The number of hydrogen-bond acceptors (Lipinski definition) is 6. The standard InChI is InChI=1S/C24H25ClN2O4S/c1-24(30,13-28)20-12-18-22(32-20)16(5-6-26-18)17-11-15(25)9-14-10-19(31-21(14)17)23(29)27-7-3-2-4-8-27/h5-6,9,11-12,19,28,30H,2-4,7-8,10,13H2,1H3. The Balaban J connectivity index is 1.54. The Labute approximate surface area is 195 Å². The average molecular weight is 473 g/mol. The first-order chi connectivity index (χ1) is 15.4. The molecule has 3 aromatic rings. The van der Waals surface area contributed by atoms with Crippen molar-refractivity contribution in [3.8, 4) is 16.9 Å². The van der Waals surface area contributed by atoms with E-state index >= 15 is 0 Å². The van der Waals surface area contributed by atoms with E-state index in [2.05, 4.69) is 4.98 Å². The number of benzene rings is 1. The molecule has 168 valence electrons. The summed E-state index contributed by atoms with van der Waals surface area (Å²) < 4.78 is 7.12. The summed E-state index contributed by atoms with van der Waals surface area (Å²) in [5, 5.41) is 20.7. The number of likely N-dealkylation sites (tertiary alicyclic amines) is 1. The molecule has 2 N–H and O–H groups in total. The van der Waals surface area contributed by atoms with Gasteiger partial charge in [0.15, 0.2) is 6.10 Å². The zero-order valence-electron chi connectivity index (χ0n) is 17.8. The van der Waals surface area contributed by atoms with Crippen molar-refractivity contribution in [2.75, 3.05) is 19.7 Å². The van der Waals surface area contributed by atoms with Gasteiger partial charge in [0.1, 0.15) is 11.4 Å². The minimum absolute atomic E-state index is 0.0419. The van der Waals surface area contributed by atoms with Gasteiger partial charge >= 0.3 is 0 Å². The lowest BCUT2D eigenvalue weighted by atomic mass is 10.00. The first-order valence-electron chi connectivity index (χ1n) is 10.9. The molecule has 2 unspecified atom stereocenters. The molecule has 0 bridgehead atoms. The Morgan fingerprint density at radius 2 is 2.06 bits per heavy atom. The molecule has 0 radical (unpaired) electrons. The first-order valence-corrected chi connectivity index (χ1v) is 12.1. The Hall–Kier alpha value is -2.19. The molecule has 5 rings (SSSR count). The molecule has 32 heavy (non-hydrogen) atoms. The van der Waals surface area contributed by atoms with Crippen LogP contribution < -0.4 is 4.74 Å². The van der Waals surface area contributed by atoms with Gasteiger partial charge in [0.2, 0.25) is 0 Å². The molecule has 0 spiro atoms. The summed E-state index contributed by atoms with van der Waals surface area (Å²) in [6.45, 7) is 2.77. The normalized spacial score (nSPS) is 20.1. The van der Waals surface area contributed by atoms with Crippen LogP contribution in [0.25, 0.3) is 21.3 Å². The summed E-state index contributed by atoms with van der Waals surface area (Å²) in [7, 11) is 0. The van der Waals surface area contributed by atoms with Gasteiger partial charge in [-0.1, -0.05) is 11.6 Å². The number of rotatable bonds is 4. The smallest absolute Gasteiger partial charge is 0.263 e. The Morgan fingerprint density at radius 3 is 2.81 bits per heavy atom. The van der Waals surface area contributed by atoms with Crippen LogP contribution in [0, 0.1) is 0 Å². The van der Waals surface area contributed by atoms with Crippen LogP contribution in [0.3, 0.4) is 0 Å². The maximum Gasteiger partial charge on any atom is 0.263 e. The molecule has 1 amide bonds. The zero-order chi connectivity index (χ0) is 22.5. The molecule has 1 saturated heterocycles. The van der Waals surface area contributed by atoms with E-state index < -0.39 is 11.7 Å². The average Bonchev–Trinajstić information content (AvgIpc) is 3.43. The van der Waals surface area contributed by atoms with Crippen LogP contribution in [0.15, 0.2) is 30.5 Å². The Kier molecular flexibility index (Phi) is 5.61. The largest absolute Gasteiger partial charge is 0.479 e. The highest BCUT2D eigenvalue weighted by atomic mass is 35.5. The lowest BCUT2D eigenvalue weighted by molar-refractivity contribution is -0.138. The molecule has 1 fully saturated rings. The van der Waals surface area contributed by atoms with Crippen molar-refractivity contribution in [2.24, 2.45) is 0 Å². The SMILES string of the molecule is CC(O)(CO)c1cc2nccc(-c3cc(Cl)cc4c3OC(C(=O)N3CCCCC3)C4)c2s1. The van der Waals surface area contributed by atoms with Gasteiger partial charge < -0.3 is 19.8 Å². The number of carbonyl (C=O) groups is 1. The quantitative estimate of drug-likeness (QED) is 0.596. The van der Waals surface area contributed by atoms with Crippen molar-refractivity contribution in [3.63, 3.8) is 0 Å². The molecule has 2 aliphatic heterocycles. The highest BCUT2D eigenvalue weighted by Gasteiger charge is 2.35. The van der Waals surface area contributed by atoms with Gasteiger partial charge in [-0.15, -0.1) is 11.3 Å². The second-order valence-corrected chi connectivity index (χ2v) is 10.2. The number of carbonyl (C=O) groups excluding carboxylic acids is 1. The number of amides is 1. The van der Waals surface area contributed by atoms with Crippen molar-refractivity contribution in [1.82, 2.24) is 9.88 Å². The number of aliphatic hydroxyl groups is 2. The molecule has 6 nitrogen and oxygen atoms in total. The lowest BCUT2D eigenvalue weighted by Crippen LogP contribution is -2.43. The molecule has 1 aromatic carbocycles. The van der Waals surface area contributed by atoms with Crippen LogP contribution in [-0.2, 0) is 16.8 Å². The number of aliphatic hydroxyl groups excluding tert-OH is 1. The van der Waals surface area contributed by atoms with Crippen LogP contribution in [0.2, 0.25) is 5.02 Å². The molecule has 0 aliphatic carbocycles. The minimum Gasteiger partial charge on any atom is -0.479 e. The fourth-order valence-electron chi connectivity index (χ4n) is 4.47. The lowest BCUT2D eigenvalue weighted by Gasteiger charge is -2.28. The van der Waals surface area contributed by atoms with Crippen LogP contribution in [-0.4, -0.2) is 51.8 Å². The van der Waals surface area contributed by atoms with E-state index in [-0.39, 0.29) is 12.5 Å². The molecule has 8 heteroatoms. The van der Waals surface area contributed by atoms with Crippen LogP contribution in [0.4, 0.5) is 0 Å². The molecule has 0 saturated carbocycles. The van der Waals surface area contributed by atoms with E-state index in [0.717, 1.165) is 52.8 Å². The first kappa shape index (κ1) is 21.6. The van der Waals surface area contributed by atoms with Crippen LogP contribution >= 0.6 is 22.9 Å². The summed E-state index contributed by atoms with van der Waals surface area (Å²) in [6.07, 6.45) is 4.92. The number of nitrogens with zero attached hydrogens (tertiary/aromatic N) is 2. The number of thiophene rings is 1. The van der Waals surface area contributed by atoms with Crippen molar-refractivity contribution in [3.05, 3.63) is 45.9 Å². The zero-order valence-corrected chi connectivity index (χ0v) is 19.4. The Bertz CT molecular complexity index is 1190. The van der Waals surface area contributed by atoms with Crippen molar-refractivity contribution in [2.45, 2.75) is 44.3 Å². The summed E-state index contributed by atoms with van der Waals surface area (Å²) in [5.41, 5.74) is 1.99. The molecule has 4 heterocycles. The number of hydrogen-bond donors (Lipinski definition) is 2. The van der Waals surface area contributed by atoms with E-state index in [0.29, 0.717) is 22.1 Å². The second-order valence-electron chi connectivity index (χ2n) is 8.75. The highest BCUT2D eigenvalue weighted by molar-refractivity contribution is 7.19. The maximum absolute atomic E-state index is 13.1. The van der Waals surface area contributed by atoms with Crippen LogP contribution in [0.5, 0.6) is 5.75 Å². The number of aromatic nitrogens is 1. The topological polar surface area (TPSA) is 82.9 Å². The third kappa shape index (κ3) is 3.77. The predicted octanol–water partition coefficient (Wildman–Crippen LogP) is 4.13. The van der Waals surface area contributed by atoms with E-state index in [1.54, 1.807) is 19.2 Å². The van der Waals surface area contributed by atoms with E-state index in [1.165, 1.54) is 17.8 Å². The van der Waals surface area contributed by atoms with Crippen molar-refractivity contribution >= 4 is 39.1 Å². The number of piperidine rings is 1. The highest BCUT2D eigenvalue weighted by Crippen LogP contribution is 2.45. The summed E-state index contributed by atoms with van der Waals surface area (Å²) in [4.78, 5) is 20.1. The predicted molar refractivity (Wildman–Crippen MR) is 125 cm³/mol. The third-order valence-electron chi connectivity index (χ3n) is 6.28. The Morgan fingerprint density at radius 1 is 1.28 bits per heavy atom. The third-order valence-corrected chi connectivity index (χ3v) is 7.91. The second kappa shape index (κ2) is 8.30. The fraction of sp³-hybridized carbons (Fsp3) is 0.417. The molecule has 2 atom stereocenters.